The van der Waals surface area contributed by atoms with Crippen LogP contribution in [0.15, 0.2) is 5.51 Å². The van der Waals surface area contributed by atoms with Crippen molar-refractivity contribution in [3.05, 3.63) is 11.2 Å². The molecule has 1 aliphatic rings. The molecule has 1 saturated heterocycles. The van der Waals surface area contributed by atoms with Gasteiger partial charge in [0.2, 0.25) is 0 Å². The van der Waals surface area contributed by atoms with Crippen molar-refractivity contribution >= 4 is 28.3 Å². The van der Waals surface area contributed by atoms with Crippen LogP contribution in [0, 0.1) is 11.8 Å². The van der Waals surface area contributed by atoms with Crippen LogP contribution in [0.4, 0.5) is 23.0 Å². The molecular formula is C12H14F3N3O3S. The summed E-state index contributed by atoms with van der Waals surface area (Å²) in [4.78, 5) is 27.9. The zero-order valence-electron chi connectivity index (χ0n) is 11.6. The van der Waals surface area contributed by atoms with Crippen molar-refractivity contribution in [1.82, 2.24) is 9.88 Å². The number of carboxylic acids is 1. The number of alkyl halides is 3. The molecule has 6 nitrogen and oxygen atoms in total. The number of hydrogen-bond donors (Lipinski definition) is 2. The lowest BCUT2D eigenvalue weighted by molar-refractivity contribution is -0.187. The third-order valence-corrected chi connectivity index (χ3v) is 4.33. The molecule has 122 valence electrons. The summed E-state index contributed by atoms with van der Waals surface area (Å²) in [6, 6.07) is -0.739. The van der Waals surface area contributed by atoms with Crippen molar-refractivity contribution in [2.45, 2.75) is 19.5 Å². The number of anilines is 1. The van der Waals surface area contributed by atoms with Crippen molar-refractivity contribution in [3.8, 4) is 0 Å². The fourth-order valence-corrected chi connectivity index (χ4v) is 3.12. The smallest absolute Gasteiger partial charge is 0.394 e. The van der Waals surface area contributed by atoms with Gasteiger partial charge in [-0.3, -0.25) is 10.1 Å². The lowest BCUT2D eigenvalue weighted by Gasteiger charge is -2.18. The number of rotatable bonds is 3. The fourth-order valence-electron chi connectivity index (χ4n) is 2.35. The van der Waals surface area contributed by atoms with Crippen LogP contribution in [0.25, 0.3) is 0 Å². The largest absolute Gasteiger partial charge is 0.481 e. The van der Waals surface area contributed by atoms with Crippen LogP contribution in [-0.4, -0.2) is 46.3 Å². The Balaban J connectivity index is 2.10. The van der Waals surface area contributed by atoms with Crippen molar-refractivity contribution in [1.29, 1.82) is 0 Å². The van der Waals surface area contributed by atoms with Gasteiger partial charge in [0, 0.05) is 13.1 Å². The first-order chi connectivity index (χ1) is 10.2. The van der Waals surface area contributed by atoms with Crippen LogP contribution in [0.2, 0.25) is 0 Å². The monoisotopic (exact) mass is 337 g/mol. The molecular weight excluding hydrogens is 323 g/mol. The molecule has 0 bridgehead atoms. The van der Waals surface area contributed by atoms with E-state index in [2.05, 4.69) is 10.3 Å². The molecule has 10 heteroatoms. The van der Waals surface area contributed by atoms with E-state index in [1.54, 1.807) is 0 Å². The van der Waals surface area contributed by atoms with Crippen LogP contribution in [-0.2, 0) is 11.2 Å². The van der Waals surface area contributed by atoms with E-state index in [-0.39, 0.29) is 0 Å². The van der Waals surface area contributed by atoms with Crippen molar-refractivity contribution in [2.75, 3.05) is 18.4 Å². The number of carbonyl (C=O) groups excluding carboxylic acids is 1. The molecule has 1 aromatic heterocycles. The highest BCUT2D eigenvalue weighted by atomic mass is 32.1. The highest BCUT2D eigenvalue weighted by Crippen LogP contribution is 2.38. The van der Waals surface area contributed by atoms with Crippen LogP contribution < -0.4 is 5.32 Å². The minimum atomic E-state index is -4.66. The van der Waals surface area contributed by atoms with E-state index in [1.165, 1.54) is 16.8 Å². The van der Waals surface area contributed by atoms with E-state index in [9.17, 15) is 22.8 Å². The first-order valence-electron chi connectivity index (χ1n) is 6.51. The minimum absolute atomic E-state index is 0.467. The van der Waals surface area contributed by atoms with Gasteiger partial charge in [-0.25, -0.2) is 9.78 Å². The van der Waals surface area contributed by atoms with Crippen LogP contribution in [0.1, 0.15) is 12.6 Å². The molecule has 22 heavy (non-hydrogen) atoms. The summed E-state index contributed by atoms with van der Waals surface area (Å²) in [5, 5.41) is 11.9. The van der Waals surface area contributed by atoms with E-state index in [4.69, 9.17) is 5.11 Å². The Morgan fingerprint density at radius 2 is 2.18 bits per heavy atom. The first-order valence-corrected chi connectivity index (χ1v) is 7.39. The Hall–Kier alpha value is -1.84. The predicted octanol–water partition coefficient (Wildman–Crippen LogP) is 2.43. The summed E-state index contributed by atoms with van der Waals surface area (Å²) in [5.41, 5.74) is 2.16. The van der Waals surface area contributed by atoms with Gasteiger partial charge in [0.15, 0.2) is 0 Å². The van der Waals surface area contributed by atoms with Gasteiger partial charge in [-0.2, -0.15) is 13.2 Å². The highest BCUT2D eigenvalue weighted by molar-refractivity contribution is 7.14. The molecule has 0 aromatic carbocycles. The Morgan fingerprint density at radius 3 is 2.68 bits per heavy atom. The summed E-state index contributed by atoms with van der Waals surface area (Å²) in [6.07, 6.45) is -4.08. The molecule has 2 N–H and O–H groups in total. The molecule has 2 atom stereocenters. The third-order valence-electron chi connectivity index (χ3n) is 3.54. The lowest BCUT2D eigenvalue weighted by Crippen LogP contribution is -2.35. The van der Waals surface area contributed by atoms with E-state index in [0.717, 1.165) is 4.90 Å². The van der Waals surface area contributed by atoms with Gasteiger partial charge in [0.1, 0.15) is 5.00 Å². The first kappa shape index (κ1) is 16.5. The fraction of sp³-hybridized carbons (Fsp3) is 0.583. The van der Waals surface area contributed by atoms with E-state index < -0.39 is 43.1 Å². The standard InChI is InChI=1S/C12H14F3N3O3S/c1-2-8-9(22-5-16-8)17-11(21)18-3-6(10(19)20)7(4-18)12(13,14)15/h5-7H,2-4H2,1H3,(H,17,21)(H,19,20)/t6-,7-/m1/s1. The molecule has 1 aromatic rings. The van der Waals surface area contributed by atoms with Gasteiger partial charge in [0.25, 0.3) is 0 Å². The van der Waals surface area contributed by atoms with E-state index in [1.807, 2.05) is 6.92 Å². The number of aliphatic carboxylic acids is 1. The maximum absolute atomic E-state index is 12.9. The van der Waals surface area contributed by atoms with Crippen molar-refractivity contribution in [3.63, 3.8) is 0 Å². The Labute approximate surface area is 127 Å². The van der Waals surface area contributed by atoms with Gasteiger partial charge < -0.3 is 10.0 Å². The number of carboxylic acid groups (broad SMARTS) is 1. The number of thiazole rings is 1. The molecule has 1 fully saturated rings. The second-order valence-corrected chi connectivity index (χ2v) is 5.76. The number of aryl methyl sites for hydroxylation is 1. The second kappa shape index (κ2) is 6.11. The van der Waals surface area contributed by atoms with Gasteiger partial charge in [-0.1, -0.05) is 6.92 Å². The maximum atomic E-state index is 12.9. The summed E-state index contributed by atoms with van der Waals surface area (Å²) >= 11 is 1.17. The van der Waals surface area contributed by atoms with Gasteiger partial charge in [-0.05, 0) is 6.42 Å². The molecule has 0 saturated carbocycles. The minimum Gasteiger partial charge on any atom is -0.481 e. The highest BCUT2D eigenvalue weighted by Gasteiger charge is 2.53. The van der Waals surface area contributed by atoms with Crippen molar-refractivity contribution in [2.24, 2.45) is 11.8 Å². The quantitative estimate of drug-likeness (QED) is 0.887. The van der Waals surface area contributed by atoms with Crippen LogP contribution >= 0.6 is 11.3 Å². The topological polar surface area (TPSA) is 82.5 Å². The van der Waals surface area contributed by atoms with Gasteiger partial charge >= 0.3 is 18.2 Å². The summed E-state index contributed by atoms with van der Waals surface area (Å²) in [5.74, 6) is -5.25. The number of likely N-dealkylation sites (tertiary alicyclic amines) is 1. The SMILES string of the molecule is CCc1ncsc1NC(=O)N1C[C@@H](C(F)(F)F)[C@H](C(=O)O)C1. The number of halogens is 3. The molecule has 2 amide bonds. The van der Waals surface area contributed by atoms with Crippen LogP contribution in [0.3, 0.4) is 0 Å². The molecule has 2 heterocycles. The summed E-state index contributed by atoms with van der Waals surface area (Å²) < 4.78 is 38.6. The maximum Gasteiger partial charge on any atom is 0.394 e. The second-order valence-electron chi connectivity index (χ2n) is 4.91. The predicted molar refractivity (Wildman–Crippen MR) is 72.8 cm³/mol. The Morgan fingerprint density at radius 1 is 1.50 bits per heavy atom. The lowest BCUT2D eigenvalue weighted by atomic mass is 9.96. The van der Waals surface area contributed by atoms with E-state index in [0.29, 0.717) is 17.1 Å². The number of nitrogens with zero attached hydrogens (tertiary/aromatic N) is 2. The molecule has 0 radical (unpaired) electrons. The number of hydrogen-bond acceptors (Lipinski definition) is 4. The van der Waals surface area contributed by atoms with E-state index >= 15 is 0 Å². The van der Waals surface area contributed by atoms with Crippen molar-refractivity contribution < 1.29 is 27.9 Å². The average Bonchev–Trinajstić information content (AvgIpc) is 3.03. The zero-order valence-corrected chi connectivity index (χ0v) is 12.4. The molecule has 0 unspecified atom stereocenters. The molecule has 1 aliphatic heterocycles. The Bertz CT molecular complexity index is 575. The summed E-state index contributed by atoms with van der Waals surface area (Å²) in [7, 11) is 0. The van der Waals surface area contributed by atoms with Gasteiger partial charge in [0.05, 0.1) is 23.0 Å². The van der Waals surface area contributed by atoms with Gasteiger partial charge in [-0.15, -0.1) is 11.3 Å². The Kier molecular flexibility index (Phi) is 4.59. The van der Waals surface area contributed by atoms with Crippen LogP contribution in [0.5, 0.6) is 0 Å². The normalized spacial score (nSPS) is 21.9. The number of carbonyl (C=O) groups is 2. The number of nitrogens with one attached hydrogen (secondary N) is 1. The average molecular weight is 337 g/mol. The number of amides is 2. The molecule has 2 rings (SSSR count). The molecule has 0 spiro atoms. The summed E-state index contributed by atoms with van der Waals surface area (Å²) in [6.45, 7) is 0.707. The molecule has 0 aliphatic carbocycles. The zero-order chi connectivity index (χ0) is 16.5. The third kappa shape index (κ3) is 3.32. The number of urea groups is 1. The number of aromatic nitrogens is 1.